The van der Waals surface area contributed by atoms with Crippen LogP contribution in [0.3, 0.4) is 0 Å². The molecule has 132 valence electrons. The lowest BCUT2D eigenvalue weighted by Gasteiger charge is -2.25. The first-order valence-corrected chi connectivity index (χ1v) is 10.3. The highest BCUT2D eigenvalue weighted by atomic mass is 32.2. The number of hydrogen-bond donors (Lipinski definition) is 2. The monoisotopic (exact) mass is 373 g/mol. The van der Waals surface area contributed by atoms with E-state index in [-0.39, 0.29) is 23.2 Å². The molecule has 3 rings (SSSR count). The van der Waals surface area contributed by atoms with Crippen molar-refractivity contribution < 1.29 is 23.1 Å². The molecule has 1 saturated carbocycles. The first-order valence-electron chi connectivity index (χ1n) is 7.68. The Morgan fingerprint density at radius 1 is 1.33 bits per heavy atom. The fourth-order valence-electron chi connectivity index (χ4n) is 2.64. The van der Waals surface area contributed by atoms with E-state index < -0.39 is 21.9 Å². The Kier molecular flexibility index (Phi) is 4.88. The van der Waals surface area contributed by atoms with E-state index in [0.29, 0.717) is 13.1 Å². The third-order valence-corrected chi connectivity index (χ3v) is 6.87. The van der Waals surface area contributed by atoms with Gasteiger partial charge < -0.3 is 15.0 Å². The van der Waals surface area contributed by atoms with Gasteiger partial charge in [0.05, 0.1) is 0 Å². The number of aromatic amines is 1. The zero-order valence-electron chi connectivity index (χ0n) is 13.0. The minimum atomic E-state index is -3.63. The highest BCUT2D eigenvalue weighted by molar-refractivity contribution is 7.99. The van der Waals surface area contributed by atoms with E-state index in [0.717, 1.165) is 24.3 Å². The predicted molar refractivity (Wildman–Crippen MR) is 88.6 cm³/mol. The summed E-state index contributed by atoms with van der Waals surface area (Å²) in [6.45, 7) is 0.525. The summed E-state index contributed by atoms with van der Waals surface area (Å²) >= 11 is 1.71. The molecule has 2 heterocycles. The van der Waals surface area contributed by atoms with E-state index in [1.165, 1.54) is 21.5 Å². The standard InChI is InChI=1S/C14H19N3O5S2/c18-13(19)9-17(10-1-2-10)14(20)12-7-11(8-15-12)24(21,22)16-3-5-23-6-4-16/h7-8,10,15H,1-6,9H2,(H,18,19). The van der Waals surface area contributed by atoms with E-state index in [1.54, 1.807) is 11.8 Å². The Hall–Kier alpha value is -1.52. The molecule has 2 N–H and O–H groups in total. The lowest BCUT2D eigenvalue weighted by atomic mass is 10.3. The normalized spacial score (nSPS) is 19.2. The van der Waals surface area contributed by atoms with Crippen LogP contribution in [0, 0.1) is 0 Å². The van der Waals surface area contributed by atoms with Crippen LogP contribution in [0.5, 0.6) is 0 Å². The molecule has 1 aliphatic carbocycles. The lowest BCUT2D eigenvalue weighted by Crippen LogP contribution is -2.38. The van der Waals surface area contributed by atoms with Crippen LogP contribution in [0.15, 0.2) is 17.2 Å². The summed E-state index contributed by atoms with van der Waals surface area (Å²) in [5.74, 6) is -0.0523. The molecular weight excluding hydrogens is 354 g/mol. The van der Waals surface area contributed by atoms with Gasteiger partial charge in [0.2, 0.25) is 10.0 Å². The largest absolute Gasteiger partial charge is 0.480 e. The molecule has 24 heavy (non-hydrogen) atoms. The van der Waals surface area contributed by atoms with Crippen LogP contribution in [0.25, 0.3) is 0 Å². The van der Waals surface area contributed by atoms with Crippen molar-refractivity contribution in [1.29, 1.82) is 0 Å². The third-order valence-electron chi connectivity index (χ3n) is 4.05. The third kappa shape index (κ3) is 3.60. The van der Waals surface area contributed by atoms with Gasteiger partial charge in [-0.3, -0.25) is 9.59 Å². The average Bonchev–Trinajstić information content (AvgIpc) is 3.27. The van der Waals surface area contributed by atoms with Crippen LogP contribution in [-0.4, -0.2) is 76.8 Å². The van der Waals surface area contributed by atoms with Gasteiger partial charge >= 0.3 is 5.97 Å². The number of hydrogen-bond acceptors (Lipinski definition) is 5. The number of carbonyl (C=O) groups excluding carboxylic acids is 1. The maximum atomic E-state index is 12.6. The number of thioether (sulfide) groups is 1. The number of sulfonamides is 1. The maximum absolute atomic E-state index is 12.6. The molecular formula is C14H19N3O5S2. The Morgan fingerprint density at radius 3 is 2.58 bits per heavy atom. The van der Waals surface area contributed by atoms with Crippen molar-refractivity contribution >= 4 is 33.7 Å². The first-order chi connectivity index (χ1) is 11.4. The number of amides is 1. The van der Waals surface area contributed by atoms with Crippen LogP contribution in [0.4, 0.5) is 0 Å². The molecule has 1 amide bonds. The Morgan fingerprint density at radius 2 is 2.00 bits per heavy atom. The van der Waals surface area contributed by atoms with E-state index >= 15 is 0 Å². The molecule has 0 radical (unpaired) electrons. The molecule has 1 saturated heterocycles. The van der Waals surface area contributed by atoms with Crippen LogP contribution >= 0.6 is 11.8 Å². The topological polar surface area (TPSA) is 111 Å². The predicted octanol–water partition coefficient (Wildman–Crippen LogP) is 0.441. The zero-order chi connectivity index (χ0) is 17.3. The van der Waals surface area contributed by atoms with Crippen molar-refractivity contribution in [1.82, 2.24) is 14.2 Å². The van der Waals surface area contributed by atoms with Gasteiger partial charge in [-0.25, -0.2) is 8.42 Å². The molecule has 8 nitrogen and oxygen atoms in total. The molecule has 1 aliphatic heterocycles. The van der Waals surface area contributed by atoms with Gasteiger partial charge in [0.1, 0.15) is 17.1 Å². The Bertz CT molecular complexity index is 735. The summed E-state index contributed by atoms with van der Waals surface area (Å²) in [4.78, 5) is 27.5. The summed E-state index contributed by atoms with van der Waals surface area (Å²) in [6, 6.07) is 1.23. The summed E-state index contributed by atoms with van der Waals surface area (Å²) in [6.07, 6.45) is 2.85. The second kappa shape index (κ2) is 6.77. The van der Waals surface area contributed by atoms with Gasteiger partial charge in [-0.05, 0) is 18.9 Å². The van der Waals surface area contributed by atoms with Gasteiger partial charge in [-0.1, -0.05) is 0 Å². The van der Waals surface area contributed by atoms with Gasteiger partial charge in [0.25, 0.3) is 5.91 Å². The van der Waals surface area contributed by atoms with Crippen molar-refractivity contribution in [2.45, 2.75) is 23.8 Å². The van der Waals surface area contributed by atoms with E-state index in [9.17, 15) is 18.0 Å². The summed E-state index contributed by atoms with van der Waals surface area (Å²) in [5, 5.41) is 8.95. The molecule has 2 fully saturated rings. The fraction of sp³-hybridized carbons (Fsp3) is 0.571. The summed E-state index contributed by atoms with van der Waals surface area (Å²) < 4.78 is 26.6. The number of aromatic nitrogens is 1. The average molecular weight is 373 g/mol. The van der Waals surface area contributed by atoms with E-state index in [2.05, 4.69) is 4.98 Å². The number of carbonyl (C=O) groups is 2. The maximum Gasteiger partial charge on any atom is 0.323 e. The summed E-state index contributed by atoms with van der Waals surface area (Å²) in [7, 11) is -3.63. The van der Waals surface area contributed by atoms with Crippen LogP contribution < -0.4 is 0 Å². The second-order valence-electron chi connectivity index (χ2n) is 5.82. The van der Waals surface area contributed by atoms with Crippen molar-refractivity contribution in [3.63, 3.8) is 0 Å². The first kappa shape index (κ1) is 17.3. The quantitative estimate of drug-likeness (QED) is 0.749. The minimum Gasteiger partial charge on any atom is -0.480 e. The van der Waals surface area contributed by atoms with Crippen LogP contribution in [-0.2, 0) is 14.8 Å². The zero-order valence-corrected chi connectivity index (χ0v) is 14.6. The van der Waals surface area contributed by atoms with Gasteiger partial charge in [-0.2, -0.15) is 16.1 Å². The molecule has 10 heteroatoms. The molecule has 0 spiro atoms. The number of H-pyrrole nitrogens is 1. The lowest BCUT2D eigenvalue weighted by molar-refractivity contribution is -0.137. The molecule has 0 aromatic carbocycles. The van der Waals surface area contributed by atoms with Crippen LogP contribution in [0.2, 0.25) is 0 Å². The van der Waals surface area contributed by atoms with E-state index in [1.807, 2.05) is 0 Å². The number of carboxylic acid groups (broad SMARTS) is 1. The highest BCUT2D eigenvalue weighted by Gasteiger charge is 2.35. The minimum absolute atomic E-state index is 0.0452. The Labute approximate surface area is 144 Å². The van der Waals surface area contributed by atoms with Gasteiger partial charge in [0, 0.05) is 36.8 Å². The second-order valence-corrected chi connectivity index (χ2v) is 8.99. The van der Waals surface area contributed by atoms with Crippen molar-refractivity contribution in [2.75, 3.05) is 31.1 Å². The molecule has 2 aliphatic rings. The van der Waals surface area contributed by atoms with Crippen LogP contribution in [0.1, 0.15) is 23.3 Å². The molecule has 0 bridgehead atoms. The SMILES string of the molecule is O=C(O)CN(C(=O)c1cc(S(=O)(=O)N2CCSCC2)c[nH]1)C1CC1. The summed E-state index contributed by atoms with van der Waals surface area (Å²) in [5.41, 5.74) is 0.105. The number of nitrogens with one attached hydrogen (secondary N) is 1. The van der Waals surface area contributed by atoms with Gasteiger partial charge in [-0.15, -0.1) is 0 Å². The van der Waals surface area contributed by atoms with E-state index in [4.69, 9.17) is 5.11 Å². The number of aliphatic carboxylic acids is 1. The molecule has 0 unspecified atom stereocenters. The van der Waals surface area contributed by atoms with Crippen molar-refractivity contribution in [2.24, 2.45) is 0 Å². The number of rotatable bonds is 6. The van der Waals surface area contributed by atoms with Gasteiger partial charge in [0.15, 0.2) is 0 Å². The number of nitrogens with zero attached hydrogens (tertiary/aromatic N) is 2. The molecule has 1 aromatic rings. The number of carboxylic acids is 1. The fourth-order valence-corrected chi connectivity index (χ4v) is 5.21. The smallest absolute Gasteiger partial charge is 0.323 e. The molecule has 0 atom stereocenters. The Balaban J connectivity index is 1.79. The highest BCUT2D eigenvalue weighted by Crippen LogP contribution is 2.28. The van der Waals surface area contributed by atoms with Crippen molar-refractivity contribution in [3.05, 3.63) is 18.0 Å². The molecule has 1 aromatic heterocycles. The van der Waals surface area contributed by atoms with Crippen molar-refractivity contribution in [3.8, 4) is 0 Å².